The molecule has 0 heterocycles. The predicted octanol–water partition coefficient (Wildman–Crippen LogP) is 3.31. The van der Waals surface area contributed by atoms with Gasteiger partial charge in [0.25, 0.3) is 0 Å². The maximum Gasteiger partial charge on any atom is 0.347 e. The first-order valence-electron chi connectivity index (χ1n) is 6.57. The number of carboxylic acid groups (broad SMARTS) is 1. The molecule has 0 atom stereocenters. The first-order valence-corrected chi connectivity index (χ1v) is 7.56. The van der Waals surface area contributed by atoms with E-state index in [2.05, 4.69) is 6.58 Å². The van der Waals surface area contributed by atoms with Crippen molar-refractivity contribution in [2.75, 3.05) is 12.3 Å². The van der Waals surface area contributed by atoms with Crippen LogP contribution in [0.25, 0.3) is 0 Å². The molecule has 0 saturated heterocycles. The molecule has 20 heavy (non-hydrogen) atoms. The molecule has 0 spiro atoms. The Labute approximate surface area is 125 Å². The zero-order chi connectivity index (χ0) is 15.8. The summed E-state index contributed by atoms with van der Waals surface area (Å²) in [6.07, 6.45) is 4.52. The molecule has 114 valence electrons. The summed E-state index contributed by atoms with van der Waals surface area (Å²) in [5.41, 5.74) is 5.04. The van der Waals surface area contributed by atoms with Gasteiger partial charge in [0.2, 0.25) is 0 Å². The highest BCUT2D eigenvalue weighted by molar-refractivity contribution is 8.03. The molecule has 0 aliphatic rings. The van der Waals surface area contributed by atoms with E-state index in [9.17, 15) is 4.79 Å². The number of aliphatic carboxylic acids is 1. The van der Waals surface area contributed by atoms with Crippen LogP contribution in [0.4, 0.5) is 0 Å². The second kappa shape index (κ2) is 8.87. The van der Waals surface area contributed by atoms with Crippen LogP contribution in [0.15, 0.2) is 35.0 Å². The zero-order valence-electron chi connectivity index (χ0n) is 12.7. The summed E-state index contributed by atoms with van der Waals surface area (Å²) in [4.78, 5) is 12.0. The van der Waals surface area contributed by atoms with Gasteiger partial charge in [-0.2, -0.15) is 0 Å². The van der Waals surface area contributed by atoms with E-state index in [1.54, 1.807) is 11.8 Å². The summed E-state index contributed by atoms with van der Waals surface area (Å²) >= 11 is 1.57. The molecular formula is C15H25NO3S. The van der Waals surface area contributed by atoms with Crippen molar-refractivity contribution < 1.29 is 14.6 Å². The number of ether oxygens (including phenoxy) is 1. The van der Waals surface area contributed by atoms with Crippen LogP contribution >= 0.6 is 11.8 Å². The van der Waals surface area contributed by atoms with Crippen molar-refractivity contribution in [1.82, 2.24) is 0 Å². The minimum absolute atomic E-state index is 0.578. The molecule has 0 aromatic heterocycles. The first kappa shape index (κ1) is 18.8. The fraction of sp³-hybridized carbons (Fsp3) is 0.533. The lowest BCUT2D eigenvalue weighted by molar-refractivity contribution is -0.156. The lowest BCUT2D eigenvalue weighted by Gasteiger charge is -2.24. The predicted molar refractivity (Wildman–Crippen MR) is 85.6 cm³/mol. The van der Waals surface area contributed by atoms with Gasteiger partial charge < -0.3 is 15.6 Å². The largest absolute Gasteiger partial charge is 0.478 e. The molecular weight excluding hydrogens is 274 g/mol. The van der Waals surface area contributed by atoms with Crippen LogP contribution in [0.3, 0.4) is 0 Å². The fourth-order valence-electron chi connectivity index (χ4n) is 1.33. The second-order valence-electron chi connectivity index (χ2n) is 4.82. The maximum atomic E-state index is 11.1. The molecule has 0 rings (SSSR count). The fourth-order valence-corrected chi connectivity index (χ4v) is 1.97. The summed E-state index contributed by atoms with van der Waals surface area (Å²) in [5, 5.41) is 9.13. The lowest BCUT2D eigenvalue weighted by atomic mass is 10.1. The Morgan fingerprint density at radius 2 is 2.10 bits per heavy atom. The normalized spacial score (nSPS) is 13.2. The maximum absolute atomic E-state index is 11.1. The number of hydrogen-bond donors (Lipinski definition) is 2. The van der Waals surface area contributed by atoms with E-state index in [1.165, 1.54) is 13.8 Å². The highest BCUT2D eigenvalue weighted by Gasteiger charge is 2.30. The topological polar surface area (TPSA) is 72.5 Å². The SMILES string of the molecule is C=C(/C=C(C)\C(=C/CC)OC(C)(C)C(=O)O)SCCN. The second-order valence-corrected chi connectivity index (χ2v) is 6.05. The summed E-state index contributed by atoms with van der Waals surface area (Å²) in [5.74, 6) is 0.384. The molecule has 0 aliphatic heterocycles. The summed E-state index contributed by atoms with van der Waals surface area (Å²) in [7, 11) is 0. The smallest absolute Gasteiger partial charge is 0.347 e. The molecule has 0 amide bonds. The Kier molecular flexibility index (Phi) is 8.34. The van der Waals surface area contributed by atoms with Gasteiger partial charge >= 0.3 is 5.97 Å². The van der Waals surface area contributed by atoms with Gasteiger partial charge in [-0.3, -0.25) is 0 Å². The number of thioether (sulfide) groups is 1. The Morgan fingerprint density at radius 3 is 2.55 bits per heavy atom. The first-order chi connectivity index (χ1) is 9.24. The molecule has 3 N–H and O–H groups in total. The van der Waals surface area contributed by atoms with E-state index in [4.69, 9.17) is 15.6 Å². The molecule has 0 unspecified atom stereocenters. The summed E-state index contributed by atoms with van der Waals surface area (Å²) < 4.78 is 5.63. The van der Waals surface area contributed by atoms with Gasteiger partial charge in [-0.25, -0.2) is 4.79 Å². The van der Waals surface area contributed by atoms with Gasteiger partial charge in [-0.1, -0.05) is 13.5 Å². The zero-order valence-corrected chi connectivity index (χ0v) is 13.5. The molecule has 0 aliphatic carbocycles. The monoisotopic (exact) mass is 299 g/mol. The molecule has 0 saturated carbocycles. The van der Waals surface area contributed by atoms with E-state index >= 15 is 0 Å². The Balaban J connectivity index is 5.02. The summed E-state index contributed by atoms with van der Waals surface area (Å²) in [6, 6.07) is 0. The number of hydrogen-bond acceptors (Lipinski definition) is 4. The molecule has 0 aromatic rings. The Bertz CT molecular complexity index is 411. The van der Waals surface area contributed by atoms with E-state index in [0.717, 1.165) is 22.7 Å². The van der Waals surface area contributed by atoms with E-state index in [-0.39, 0.29) is 0 Å². The van der Waals surface area contributed by atoms with Crippen molar-refractivity contribution in [2.45, 2.75) is 39.7 Å². The standard InChI is InChI=1S/C15H25NO3S/c1-6-7-13(19-15(4,5)14(17)18)11(2)10-12(3)20-9-8-16/h7,10H,3,6,8-9,16H2,1-2,4-5H3,(H,17,18)/b11-10-,13-7+. The average Bonchev–Trinajstić information content (AvgIpc) is 2.35. The number of carboxylic acids is 1. The van der Waals surface area contributed by atoms with Crippen LogP contribution in [0.1, 0.15) is 34.1 Å². The van der Waals surface area contributed by atoms with Gasteiger partial charge in [0, 0.05) is 17.2 Å². The van der Waals surface area contributed by atoms with Gasteiger partial charge in [0.05, 0.1) is 0 Å². The molecule has 0 bridgehead atoms. The summed E-state index contributed by atoms with van der Waals surface area (Å²) in [6.45, 7) is 11.5. The van der Waals surface area contributed by atoms with Crippen molar-refractivity contribution >= 4 is 17.7 Å². The molecule has 0 fully saturated rings. The van der Waals surface area contributed by atoms with Crippen molar-refractivity contribution in [3.05, 3.63) is 35.0 Å². The van der Waals surface area contributed by atoms with E-state index in [0.29, 0.717) is 12.3 Å². The van der Waals surface area contributed by atoms with Crippen LogP contribution in [0, 0.1) is 0 Å². The minimum Gasteiger partial charge on any atom is -0.478 e. The van der Waals surface area contributed by atoms with Crippen molar-refractivity contribution in [3.63, 3.8) is 0 Å². The molecule has 5 heteroatoms. The van der Waals surface area contributed by atoms with Crippen molar-refractivity contribution in [3.8, 4) is 0 Å². The molecule has 0 aromatic carbocycles. The van der Waals surface area contributed by atoms with Crippen LogP contribution in [0.2, 0.25) is 0 Å². The highest BCUT2D eigenvalue weighted by atomic mass is 32.2. The van der Waals surface area contributed by atoms with Gasteiger partial charge in [0.1, 0.15) is 5.76 Å². The van der Waals surface area contributed by atoms with Crippen LogP contribution < -0.4 is 5.73 Å². The number of allylic oxidation sites excluding steroid dienone is 3. The van der Waals surface area contributed by atoms with Gasteiger partial charge in [-0.05, 0) is 44.9 Å². The third-order valence-corrected chi connectivity index (χ3v) is 3.37. The van der Waals surface area contributed by atoms with Crippen molar-refractivity contribution in [1.29, 1.82) is 0 Å². The van der Waals surface area contributed by atoms with Gasteiger partial charge in [-0.15, -0.1) is 11.8 Å². The lowest BCUT2D eigenvalue weighted by Crippen LogP contribution is -2.34. The minimum atomic E-state index is -1.26. The highest BCUT2D eigenvalue weighted by Crippen LogP contribution is 2.24. The van der Waals surface area contributed by atoms with Crippen LogP contribution in [0.5, 0.6) is 0 Å². The van der Waals surface area contributed by atoms with E-state index < -0.39 is 11.6 Å². The quantitative estimate of drug-likeness (QED) is 0.505. The number of nitrogens with two attached hydrogens (primary N) is 1. The third-order valence-electron chi connectivity index (χ3n) is 2.44. The average molecular weight is 299 g/mol. The van der Waals surface area contributed by atoms with Crippen molar-refractivity contribution in [2.24, 2.45) is 5.73 Å². The van der Waals surface area contributed by atoms with E-state index in [1.807, 2.05) is 26.0 Å². The Hall–Kier alpha value is -1.20. The molecule has 4 nitrogen and oxygen atoms in total. The van der Waals surface area contributed by atoms with Crippen LogP contribution in [-0.4, -0.2) is 29.0 Å². The number of rotatable bonds is 9. The van der Waals surface area contributed by atoms with Crippen LogP contribution in [-0.2, 0) is 9.53 Å². The third kappa shape index (κ3) is 6.82. The Morgan fingerprint density at radius 1 is 1.50 bits per heavy atom. The van der Waals surface area contributed by atoms with Gasteiger partial charge in [0.15, 0.2) is 5.60 Å². The molecule has 0 radical (unpaired) electrons. The number of carbonyl (C=O) groups is 1.